The quantitative estimate of drug-likeness (QED) is 0.678. The molecular formula is C15H14N2O2S. The molecule has 0 aliphatic heterocycles. The number of hydrogen-bond acceptors (Lipinski definition) is 4. The number of methoxy groups -OCH3 is 1. The number of rotatable bonds is 5. The van der Waals surface area contributed by atoms with Crippen LogP contribution in [0.15, 0.2) is 53.0 Å². The van der Waals surface area contributed by atoms with Crippen LogP contribution >= 0.6 is 11.3 Å². The molecule has 0 radical (unpaired) electrons. The summed E-state index contributed by atoms with van der Waals surface area (Å²) in [5, 5.41) is 5.70. The number of carbonyl (C=O) groups is 1. The van der Waals surface area contributed by atoms with Crippen molar-refractivity contribution in [3.8, 4) is 5.75 Å². The molecule has 5 heteroatoms. The molecule has 0 aliphatic carbocycles. The van der Waals surface area contributed by atoms with E-state index in [2.05, 4.69) is 10.5 Å². The molecule has 1 amide bonds. The Kier molecular flexibility index (Phi) is 5.08. The van der Waals surface area contributed by atoms with Crippen molar-refractivity contribution in [2.45, 2.75) is 0 Å². The highest BCUT2D eigenvalue weighted by Gasteiger charge is 2.03. The lowest BCUT2D eigenvalue weighted by Crippen LogP contribution is -2.15. The van der Waals surface area contributed by atoms with Crippen LogP contribution in [0.5, 0.6) is 5.75 Å². The fourth-order valence-corrected chi connectivity index (χ4v) is 2.17. The first kappa shape index (κ1) is 14.0. The van der Waals surface area contributed by atoms with Gasteiger partial charge < -0.3 is 4.74 Å². The summed E-state index contributed by atoms with van der Waals surface area (Å²) >= 11 is 1.38. The Hall–Kier alpha value is -2.40. The molecule has 0 atom stereocenters. The van der Waals surface area contributed by atoms with Crippen molar-refractivity contribution >= 4 is 29.5 Å². The Morgan fingerprint density at radius 3 is 2.90 bits per heavy atom. The van der Waals surface area contributed by atoms with E-state index in [-0.39, 0.29) is 5.91 Å². The number of carbonyl (C=O) groups excluding carboxylic acids is 1. The van der Waals surface area contributed by atoms with Gasteiger partial charge in [-0.1, -0.05) is 24.3 Å². The molecule has 102 valence electrons. The number of ether oxygens (including phenoxy) is 1. The van der Waals surface area contributed by atoms with Crippen LogP contribution in [-0.4, -0.2) is 19.2 Å². The smallest absolute Gasteiger partial charge is 0.281 e. The van der Waals surface area contributed by atoms with E-state index in [0.717, 1.165) is 11.3 Å². The van der Waals surface area contributed by atoms with Crippen molar-refractivity contribution < 1.29 is 9.53 Å². The fourth-order valence-electron chi connectivity index (χ4n) is 1.55. The molecule has 20 heavy (non-hydrogen) atoms. The van der Waals surface area contributed by atoms with Crippen molar-refractivity contribution in [2.75, 3.05) is 7.11 Å². The van der Waals surface area contributed by atoms with Gasteiger partial charge in [0.2, 0.25) is 0 Å². The third kappa shape index (κ3) is 3.80. The van der Waals surface area contributed by atoms with Gasteiger partial charge in [-0.25, -0.2) is 5.43 Å². The first-order chi connectivity index (χ1) is 9.81. The predicted octanol–water partition coefficient (Wildman–Crippen LogP) is 3.19. The van der Waals surface area contributed by atoms with Crippen molar-refractivity contribution in [2.24, 2.45) is 5.10 Å². The zero-order valence-corrected chi connectivity index (χ0v) is 11.8. The lowest BCUT2D eigenvalue weighted by atomic mass is 10.2. The standard InChI is InChI=1S/C15H14N2O2S/c1-19-13-8-3-2-6-12(13)7-4-10-16-17-15(18)14-9-5-11-20-14/h2-11H,1H3,(H,17,18)/b7-4+,16-10+. The molecule has 1 N–H and O–H groups in total. The SMILES string of the molecule is COc1ccccc1/C=C/C=N/NC(=O)c1cccs1. The minimum absolute atomic E-state index is 0.207. The zero-order valence-electron chi connectivity index (χ0n) is 10.9. The minimum atomic E-state index is -0.207. The van der Waals surface area contributed by atoms with Crippen LogP contribution in [0, 0.1) is 0 Å². The zero-order chi connectivity index (χ0) is 14.2. The summed E-state index contributed by atoms with van der Waals surface area (Å²) in [6, 6.07) is 11.2. The van der Waals surface area contributed by atoms with Gasteiger partial charge in [0.1, 0.15) is 5.75 Å². The van der Waals surface area contributed by atoms with Crippen molar-refractivity contribution in [1.82, 2.24) is 5.43 Å². The predicted molar refractivity (Wildman–Crippen MR) is 82.3 cm³/mol. The molecule has 0 saturated carbocycles. The molecule has 0 bridgehead atoms. The lowest BCUT2D eigenvalue weighted by Gasteiger charge is -2.02. The summed E-state index contributed by atoms with van der Waals surface area (Å²) in [6.45, 7) is 0. The number of benzene rings is 1. The highest BCUT2D eigenvalue weighted by atomic mass is 32.1. The monoisotopic (exact) mass is 286 g/mol. The van der Waals surface area contributed by atoms with Gasteiger partial charge in [-0.05, 0) is 29.7 Å². The molecule has 2 rings (SSSR count). The van der Waals surface area contributed by atoms with E-state index in [1.165, 1.54) is 17.6 Å². The molecular weight excluding hydrogens is 272 g/mol. The highest BCUT2D eigenvalue weighted by molar-refractivity contribution is 7.12. The number of amides is 1. The summed E-state index contributed by atoms with van der Waals surface area (Å²) in [5.41, 5.74) is 3.41. The Labute approximate surface area is 121 Å². The van der Waals surface area contributed by atoms with E-state index in [9.17, 15) is 4.79 Å². The number of nitrogens with zero attached hydrogens (tertiary/aromatic N) is 1. The second-order valence-electron chi connectivity index (χ2n) is 3.80. The number of thiophene rings is 1. The summed E-state index contributed by atoms with van der Waals surface area (Å²) in [6.07, 6.45) is 5.13. The summed E-state index contributed by atoms with van der Waals surface area (Å²) < 4.78 is 5.23. The second kappa shape index (κ2) is 7.25. The molecule has 1 heterocycles. The number of para-hydroxylation sites is 1. The Morgan fingerprint density at radius 2 is 2.15 bits per heavy atom. The molecule has 0 spiro atoms. The normalized spacial score (nSPS) is 11.1. The van der Waals surface area contributed by atoms with Crippen LogP contribution in [0.3, 0.4) is 0 Å². The van der Waals surface area contributed by atoms with E-state index in [4.69, 9.17) is 4.74 Å². The van der Waals surface area contributed by atoms with E-state index in [1.54, 1.807) is 19.3 Å². The van der Waals surface area contributed by atoms with Gasteiger partial charge in [-0.3, -0.25) is 4.79 Å². The summed E-state index contributed by atoms with van der Waals surface area (Å²) in [7, 11) is 1.63. The van der Waals surface area contributed by atoms with E-state index in [0.29, 0.717) is 4.88 Å². The molecule has 0 saturated heterocycles. The average Bonchev–Trinajstić information content (AvgIpc) is 3.01. The molecule has 0 unspecified atom stereocenters. The van der Waals surface area contributed by atoms with Crippen LogP contribution in [0.25, 0.3) is 6.08 Å². The van der Waals surface area contributed by atoms with Crippen LogP contribution in [0.1, 0.15) is 15.2 Å². The number of allylic oxidation sites excluding steroid dienone is 1. The van der Waals surface area contributed by atoms with Crippen LogP contribution in [0.4, 0.5) is 0 Å². The van der Waals surface area contributed by atoms with Gasteiger partial charge >= 0.3 is 0 Å². The van der Waals surface area contributed by atoms with Crippen LogP contribution in [0.2, 0.25) is 0 Å². The topological polar surface area (TPSA) is 50.7 Å². The van der Waals surface area contributed by atoms with Gasteiger partial charge in [0.15, 0.2) is 0 Å². The lowest BCUT2D eigenvalue weighted by molar-refractivity contribution is 0.0959. The Bertz CT molecular complexity index is 619. The van der Waals surface area contributed by atoms with Gasteiger partial charge in [-0.2, -0.15) is 5.10 Å². The molecule has 0 aliphatic rings. The molecule has 1 aromatic carbocycles. The molecule has 2 aromatic rings. The van der Waals surface area contributed by atoms with Crippen LogP contribution < -0.4 is 10.2 Å². The number of hydrogen-bond donors (Lipinski definition) is 1. The van der Waals surface area contributed by atoms with E-state index < -0.39 is 0 Å². The fraction of sp³-hybridized carbons (Fsp3) is 0.0667. The van der Waals surface area contributed by atoms with Gasteiger partial charge in [0.05, 0.1) is 12.0 Å². The second-order valence-corrected chi connectivity index (χ2v) is 4.75. The number of nitrogens with one attached hydrogen (secondary N) is 1. The Morgan fingerprint density at radius 1 is 1.30 bits per heavy atom. The van der Waals surface area contributed by atoms with Crippen molar-refractivity contribution in [1.29, 1.82) is 0 Å². The maximum Gasteiger partial charge on any atom is 0.281 e. The average molecular weight is 286 g/mol. The largest absolute Gasteiger partial charge is 0.496 e. The maximum absolute atomic E-state index is 11.6. The van der Waals surface area contributed by atoms with Gasteiger partial charge in [0, 0.05) is 11.8 Å². The third-order valence-corrected chi connectivity index (χ3v) is 3.36. The summed E-state index contributed by atoms with van der Waals surface area (Å²) in [5.74, 6) is 0.585. The van der Waals surface area contributed by atoms with E-state index >= 15 is 0 Å². The maximum atomic E-state index is 11.6. The highest BCUT2D eigenvalue weighted by Crippen LogP contribution is 2.18. The minimum Gasteiger partial charge on any atom is -0.496 e. The van der Waals surface area contributed by atoms with E-state index in [1.807, 2.05) is 41.8 Å². The Balaban J connectivity index is 1.90. The molecule has 1 aromatic heterocycles. The third-order valence-electron chi connectivity index (χ3n) is 2.49. The molecule has 4 nitrogen and oxygen atoms in total. The van der Waals surface area contributed by atoms with Crippen molar-refractivity contribution in [3.63, 3.8) is 0 Å². The van der Waals surface area contributed by atoms with Gasteiger partial charge in [-0.15, -0.1) is 11.3 Å². The number of hydrazone groups is 1. The summed E-state index contributed by atoms with van der Waals surface area (Å²) in [4.78, 5) is 12.2. The van der Waals surface area contributed by atoms with Crippen molar-refractivity contribution in [3.05, 3.63) is 58.3 Å². The first-order valence-electron chi connectivity index (χ1n) is 5.98. The van der Waals surface area contributed by atoms with Gasteiger partial charge in [0.25, 0.3) is 5.91 Å². The first-order valence-corrected chi connectivity index (χ1v) is 6.86. The van der Waals surface area contributed by atoms with Crippen LogP contribution in [-0.2, 0) is 0 Å². The molecule has 0 fully saturated rings.